The van der Waals surface area contributed by atoms with Gasteiger partial charge in [0.15, 0.2) is 0 Å². The zero-order valence-electron chi connectivity index (χ0n) is 33.2. The number of thiophene rings is 1. The van der Waals surface area contributed by atoms with Crippen LogP contribution in [0.25, 0.3) is 91.8 Å². The maximum Gasteiger partial charge on any atom is 0.0547 e. The molecule has 0 fully saturated rings. The molecule has 286 valence electrons. The van der Waals surface area contributed by atoms with Gasteiger partial charge < -0.3 is 9.47 Å². The molecule has 2 heterocycles. The summed E-state index contributed by atoms with van der Waals surface area (Å²) in [5.74, 6) is 0. The Morgan fingerprint density at radius 1 is 0.344 bits per heavy atom. The first-order valence-corrected chi connectivity index (χ1v) is 21.6. The lowest BCUT2D eigenvalue weighted by Crippen LogP contribution is -2.10. The summed E-state index contributed by atoms with van der Waals surface area (Å²) in [5.41, 5.74) is 14.1. The fourth-order valence-corrected chi connectivity index (χ4v) is 10.5. The van der Waals surface area contributed by atoms with E-state index < -0.39 is 0 Å². The second-order valence-corrected chi connectivity index (χ2v) is 16.8. The Labute approximate surface area is 358 Å². The lowest BCUT2D eigenvalue weighted by atomic mass is 10.00. The Bertz CT molecular complexity index is 3580. The van der Waals surface area contributed by atoms with E-state index in [2.05, 4.69) is 240 Å². The zero-order chi connectivity index (χ0) is 40.3. The highest BCUT2D eigenvalue weighted by atomic mass is 32.1. The summed E-state index contributed by atoms with van der Waals surface area (Å²) in [6.07, 6.45) is 0. The van der Waals surface area contributed by atoms with Gasteiger partial charge in [-0.3, -0.25) is 0 Å². The Morgan fingerprint density at radius 2 is 0.951 bits per heavy atom. The minimum atomic E-state index is 1.10. The lowest BCUT2D eigenvalue weighted by molar-refractivity contribution is 1.19. The number of anilines is 3. The van der Waals surface area contributed by atoms with Crippen LogP contribution in [0.3, 0.4) is 0 Å². The summed E-state index contributed by atoms with van der Waals surface area (Å²) in [4.78, 5) is 2.41. The normalized spacial score (nSPS) is 11.6. The van der Waals surface area contributed by atoms with Crippen molar-refractivity contribution >= 4 is 81.1 Å². The minimum Gasteiger partial charge on any atom is -0.310 e. The molecule has 0 aliphatic heterocycles. The Balaban J connectivity index is 1.06. The Hall–Kier alpha value is -7.72. The molecule has 0 amide bonds. The van der Waals surface area contributed by atoms with Gasteiger partial charge in [0.1, 0.15) is 0 Å². The minimum absolute atomic E-state index is 1.10. The fraction of sp³-hybridized carbons (Fsp3) is 0. The van der Waals surface area contributed by atoms with Crippen LogP contribution < -0.4 is 4.90 Å². The molecule has 61 heavy (non-hydrogen) atoms. The van der Waals surface area contributed by atoms with Crippen LogP contribution in [0.2, 0.25) is 0 Å². The number of benzene rings is 10. The monoisotopic (exact) mass is 794 g/mol. The molecule has 0 spiro atoms. The van der Waals surface area contributed by atoms with Crippen molar-refractivity contribution in [3.63, 3.8) is 0 Å². The van der Waals surface area contributed by atoms with Crippen LogP contribution in [0.4, 0.5) is 17.1 Å². The van der Waals surface area contributed by atoms with Gasteiger partial charge in [0.05, 0.1) is 16.7 Å². The van der Waals surface area contributed by atoms with Crippen LogP contribution in [0.5, 0.6) is 0 Å². The van der Waals surface area contributed by atoms with Crippen LogP contribution in [-0.4, -0.2) is 4.57 Å². The van der Waals surface area contributed by atoms with Crippen LogP contribution in [-0.2, 0) is 0 Å². The van der Waals surface area contributed by atoms with Gasteiger partial charge in [-0.2, -0.15) is 0 Å². The van der Waals surface area contributed by atoms with Gasteiger partial charge in [-0.05, 0) is 93.9 Å². The van der Waals surface area contributed by atoms with Crippen molar-refractivity contribution in [2.45, 2.75) is 0 Å². The van der Waals surface area contributed by atoms with E-state index in [9.17, 15) is 0 Å². The van der Waals surface area contributed by atoms with Crippen LogP contribution in [0, 0.1) is 0 Å². The van der Waals surface area contributed by atoms with E-state index in [-0.39, 0.29) is 0 Å². The number of nitrogens with zero attached hydrogens (tertiary/aromatic N) is 2. The van der Waals surface area contributed by atoms with E-state index >= 15 is 0 Å². The summed E-state index contributed by atoms with van der Waals surface area (Å²) >= 11 is 1.88. The van der Waals surface area contributed by atoms with Crippen LogP contribution >= 0.6 is 11.3 Å². The predicted octanol–water partition coefficient (Wildman–Crippen LogP) is 16.8. The molecule has 2 aromatic heterocycles. The predicted molar refractivity (Wildman–Crippen MR) is 262 cm³/mol. The highest BCUT2D eigenvalue weighted by Gasteiger charge is 2.20. The van der Waals surface area contributed by atoms with Gasteiger partial charge >= 0.3 is 0 Å². The van der Waals surface area contributed by atoms with Crippen molar-refractivity contribution in [1.29, 1.82) is 0 Å². The zero-order valence-corrected chi connectivity index (χ0v) is 34.1. The topological polar surface area (TPSA) is 8.17 Å². The standard InChI is InChI=1S/C58H38N2S/c1-3-15-39(16-4-1)43-21-13-22-46(35-43)59(54-27-14-20-41-19-7-8-23-48(41)54)45-32-29-42(30-33-45)52-37-47(38-53-51-25-10-12-28-57(51)61-58(52)53)60-55-26-11-9-24-49(55)50-34-31-44(36-56(50)60)40-17-5-2-6-18-40/h1-38H. The third-order valence-electron chi connectivity index (χ3n) is 12.2. The van der Waals surface area contributed by atoms with Crippen LogP contribution in [0.1, 0.15) is 0 Å². The molecular formula is C58H38N2S. The highest BCUT2D eigenvalue weighted by molar-refractivity contribution is 7.26. The number of fused-ring (bicyclic) bond motifs is 7. The summed E-state index contributed by atoms with van der Waals surface area (Å²) in [5, 5.41) is 7.49. The van der Waals surface area contributed by atoms with Crippen molar-refractivity contribution in [3.05, 3.63) is 231 Å². The average molecular weight is 795 g/mol. The molecule has 0 aliphatic rings. The summed E-state index contributed by atoms with van der Waals surface area (Å²) in [7, 11) is 0. The van der Waals surface area contributed by atoms with E-state index in [1.165, 1.54) is 86.1 Å². The van der Waals surface area contributed by atoms with Crippen molar-refractivity contribution in [2.75, 3.05) is 4.90 Å². The maximum atomic E-state index is 2.48. The van der Waals surface area contributed by atoms with E-state index in [4.69, 9.17) is 0 Å². The first kappa shape index (κ1) is 35.2. The van der Waals surface area contributed by atoms with Gasteiger partial charge in [-0.15, -0.1) is 11.3 Å². The number of para-hydroxylation sites is 1. The largest absolute Gasteiger partial charge is 0.310 e. The molecule has 0 radical (unpaired) electrons. The Morgan fingerprint density at radius 3 is 1.75 bits per heavy atom. The second-order valence-electron chi connectivity index (χ2n) is 15.7. The van der Waals surface area contributed by atoms with Gasteiger partial charge in [-0.1, -0.05) is 170 Å². The smallest absolute Gasteiger partial charge is 0.0547 e. The highest BCUT2D eigenvalue weighted by Crippen LogP contribution is 2.45. The third-order valence-corrected chi connectivity index (χ3v) is 13.4. The van der Waals surface area contributed by atoms with E-state index in [0.29, 0.717) is 0 Å². The molecule has 0 N–H and O–H groups in total. The summed E-state index contributed by atoms with van der Waals surface area (Å²) in [6, 6.07) is 84.2. The number of aromatic nitrogens is 1. The fourth-order valence-electron chi connectivity index (χ4n) is 9.29. The first-order valence-electron chi connectivity index (χ1n) is 20.8. The molecule has 0 saturated carbocycles. The van der Waals surface area contributed by atoms with Crippen LogP contribution in [0.15, 0.2) is 231 Å². The summed E-state index contributed by atoms with van der Waals surface area (Å²) in [6.45, 7) is 0. The van der Waals surface area contributed by atoms with Crippen molar-refractivity contribution in [3.8, 4) is 39.1 Å². The summed E-state index contributed by atoms with van der Waals surface area (Å²) < 4.78 is 5.06. The SMILES string of the molecule is c1ccc(-c2cccc(N(c3ccc(-c4cc(-n5c6ccccc6c6ccc(-c7ccccc7)cc65)cc5c4sc4ccccc45)cc3)c3cccc4ccccc34)c2)cc1. The molecule has 2 nitrogen and oxygen atoms in total. The van der Waals surface area contributed by atoms with E-state index in [1.807, 2.05) is 11.3 Å². The molecule has 3 heteroatoms. The molecule has 10 aromatic carbocycles. The Kier molecular flexibility index (Phi) is 8.39. The quantitative estimate of drug-likeness (QED) is 0.156. The van der Waals surface area contributed by atoms with Crippen molar-refractivity contribution in [2.24, 2.45) is 0 Å². The maximum absolute atomic E-state index is 2.48. The molecule has 0 atom stereocenters. The second kappa shape index (κ2) is 14.5. The third kappa shape index (κ3) is 6.01. The van der Waals surface area contributed by atoms with Crippen molar-refractivity contribution < 1.29 is 0 Å². The average Bonchev–Trinajstić information content (AvgIpc) is 3.88. The molecule has 0 unspecified atom stereocenters. The van der Waals surface area contributed by atoms with Gasteiger partial charge in [0, 0.05) is 59.0 Å². The molecule has 0 aliphatic carbocycles. The number of hydrogen-bond acceptors (Lipinski definition) is 2. The van der Waals surface area contributed by atoms with Gasteiger partial charge in [0.2, 0.25) is 0 Å². The molecule has 0 saturated heterocycles. The number of rotatable bonds is 7. The lowest BCUT2D eigenvalue weighted by Gasteiger charge is -2.27. The van der Waals surface area contributed by atoms with Gasteiger partial charge in [-0.25, -0.2) is 0 Å². The molecule has 12 rings (SSSR count). The molecule has 12 aromatic rings. The van der Waals surface area contributed by atoms with E-state index in [1.54, 1.807) is 0 Å². The molecular weight excluding hydrogens is 757 g/mol. The number of hydrogen-bond donors (Lipinski definition) is 0. The van der Waals surface area contributed by atoms with Gasteiger partial charge in [0.25, 0.3) is 0 Å². The van der Waals surface area contributed by atoms with E-state index in [0.717, 1.165) is 22.7 Å². The first-order chi connectivity index (χ1) is 30.2. The van der Waals surface area contributed by atoms with Crippen molar-refractivity contribution in [1.82, 2.24) is 4.57 Å². The molecule has 0 bridgehead atoms.